The Hall–Kier alpha value is -1.32. The Balaban J connectivity index is 1.86. The predicted octanol–water partition coefficient (Wildman–Crippen LogP) is 3.34. The van der Waals surface area contributed by atoms with Crippen molar-refractivity contribution in [3.05, 3.63) is 17.0 Å². The molecular formula is C16H24N2O2. The summed E-state index contributed by atoms with van der Waals surface area (Å²) in [5.74, 6) is 1.65. The van der Waals surface area contributed by atoms with Gasteiger partial charge in [-0.25, -0.2) is 0 Å². The molecule has 1 aliphatic heterocycles. The maximum absolute atomic E-state index is 12.9. The average molecular weight is 276 g/mol. The van der Waals surface area contributed by atoms with E-state index in [9.17, 15) is 4.79 Å². The Bertz CT molecular complexity index is 495. The number of hydrogen-bond donors (Lipinski definition) is 0. The van der Waals surface area contributed by atoms with E-state index in [0.29, 0.717) is 6.04 Å². The molecule has 1 aliphatic carbocycles. The fraction of sp³-hybridized carbons (Fsp3) is 0.750. The zero-order valence-electron chi connectivity index (χ0n) is 12.5. The molecule has 2 aliphatic rings. The van der Waals surface area contributed by atoms with Gasteiger partial charge < -0.3 is 9.42 Å². The number of nitrogens with zero attached hydrogens (tertiary/aromatic N) is 2. The van der Waals surface area contributed by atoms with Crippen LogP contribution in [0.15, 0.2) is 4.52 Å². The van der Waals surface area contributed by atoms with E-state index in [4.69, 9.17) is 4.52 Å². The van der Waals surface area contributed by atoms with Crippen LogP contribution in [0.3, 0.4) is 0 Å². The lowest BCUT2D eigenvalue weighted by Crippen LogP contribution is -2.46. The van der Waals surface area contributed by atoms with E-state index in [0.717, 1.165) is 48.7 Å². The summed E-state index contributed by atoms with van der Waals surface area (Å²) in [6, 6.07) is 0.458. The molecule has 2 fully saturated rings. The Kier molecular flexibility index (Phi) is 3.81. The van der Waals surface area contributed by atoms with Gasteiger partial charge in [0, 0.05) is 19.0 Å². The van der Waals surface area contributed by atoms with Crippen molar-refractivity contribution >= 4 is 5.91 Å². The molecule has 3 rings (SSSR count). The van der Waals surface area contributed by atoms with Crippen molar-refractivity contribution in [1.29, 1.82) is 0 Å². The summed E-state index contributed by atoms with van der Waals surface area (Å²) >= 11 is 0. The van der Waals surface area contributed by atoms with Crippen LogP contribution < -0.4 is 0 Å². The van der Waals surface area contributed by atoms with Gasteiger partial charge in [0.05, 0.1) is 5.69 Å². The van der Waals surface area contributed by atoms with Crippen LogP contribution in [0.2, 0.25) is 0 Å². The summed E-state index contributed by atoms with van der Waals surface area (Å²) in [4.78, 5) is 15.1. The van der Waals surface area contributed by atoms with Gasteiger partial charge in [-0.1, -0.05) is 18.5 Å². The molecule has 0 unspecified atom stereocenters. The van der Waals surface area contributed by atoms with E-state index in [1.165, 1.54) is 25.7 Å². The van der Waals surface area contributed by atoms with E-state index < -0.39 is 0 Å². The molecule has 0 bridgehead atoms. The number of carbonyl (C=O) groups excluding carboxylic acids is 1. The standard InChI is InChI=1S/C16H24N2O2/c1-3-6-14-15(11(2)17-20-14)16(19)18-10-5-8-12-7-4-9-13(12)18/h12-13H,3-10H2,1-2H3/t12-,13-/m0/s1. The molecule has 1 aromatic rings. The van der Waals surface area contributed by atoms with Crippen LogP contribution in [-0.4, -0.2) is 28.6 Å². The molecule has 4 heteroatoms. The van der Waals surface area contributed by atoms with Crippen LogP contribution in [0.5, 0.6) is 0 Å². The molecule has 1 aromatic heterocycles. The van der Waals surface area contributed by atoms with Crippen LogP contribution in [0.1, 0.15) is 67.3 Å². The molecule has 0 N–H and O–H groups in total. The molecule has 1 saturated carbocycles. The van der Waals surface area contributed by atoms with Crippen LogP contribution in [0.25, 0.3) is 0 Å². The number of piperidine rings is 1. The topological polar surface area (TPSA) is 46.3 Å². The summed E-state index contributed by atoms with van der Waals surface area (Å²) in [7, 11) is 0. The number of likely N-dealkylation sites (tertiary alicyclic amines) is 1. The first-order chi connectivity index (χ1) is 9.72. The number of fused-ring (bicyclic) bond motifs is 1. The van der Waals surface area contributed by atoms with Gasteiger partial charge in [0.2, 0.25) is 0 Å². The summed E-state index contributed by atoms with van der Waals surface area (Å²) in [5, 5.41) is 4.01. The molecule has 0 spiro atoms. The highest BCUT2D eigenvalue weighted by Gasteiger charge is 2.39. The number of rotatable bonds is 3. The van der Waals surface area contributed by atoms with Gasteiger partial charge in [0.25, 0.3) is 5.91 Å². The lowest BCUT2D eigenvalue weighted by atomic mass is 9.91. The van der Waals surface area contributed by atoms with Crippen LogP contribution in [0.4, 0.5) is 0 Å². The average Bonchev–Trinajstić information content (AvgIpc) is 3.05. The van der Waals surface area contributed by atoms with E-state index in [1.807, 2.05) is 6.92 Å². The van der Waals surface area contributed by atoms with Gasteiger partial charge in [-0.2, -0.15) is 0 Å². The maximum Gasteiger partial charge on any atom is 0.259 e. The maximum atomic E-state index is 12.9. The van der Waals surface area contributed by atoms with E-state index >= 15 is 0 Å². The Labute approximate surface area is 120 Å². The number of hydrogen-bond acceptors (Lipinski definition) is 3. The molecular weight excluding hydrogens is 252 g/mol. The lowest BCUT2D eigenvalue weighted by Gasteiger charge is -2.37. The first-order valence-corrected chi connectivity index (χ1v) is 7.98. The second-order valence-corrected chi connectivity index (χ2v) is 6.22. The van der Waals surface area contributed by atoms with E-state index in [-0.39, 0.29) is 5.91 Å². The monoisotopic (exact) mass is 276 g/mol. The normalized spacial score (nSPS) is 25.8. The van der Waals surface area contributed by atoms with Crippen molar-refractivity contribution in [2.45, 2.75) is 64.8 Å². The van der Waals surface area contributed by atoms with Gasteiger partial charge in [-0.05, 0) is 44.9 Å². The summed E-state index contributed by atoms with van der Waals surface area (Å²) in [5.41, 5.74) is 1.48. The molecule has 20 heavy (non-hydrogen) atoms. The number of carbonyl (C=O) groups is 1. The zero-order chi connectivity index (χ0) is 14.1. The van der Waals surface area contributed by atoms with Crippen molar-refractivity contribution < 1.29 is 9.32 Å². The van der Waals surface area contributed by atoms with Crippen LogP contribution >= 0.6 is 0 Å². The van der Waals surface area contributed by atoms with Gasteiger partial charge in [-0.3, -0.25) is 4.79 Å². The fourth-order valence-corrected chi connectivity index (χ4v) is 3.94. The van der Waals surface area contributed by atoms with Gasteiger partial charge in [0.15, 0.2) is 0 Å². The number of aromatic nitrogens is 1. The second-order valence-electron chi connectivity index (χ2n) is 6.22. The third-order valence-corrected chi connectivity index (χ3v) is 4.88. The molecule has 2 atom stereocenters. The Morgan fingerprint density at radius 1 is 1.35 bits per heavy atom. The first kappa shape index (κ1) is 13.7. The van der Waals surface area contributed by atoms with Crippen molar-refractivity contribution in [1.82, 2.24) is 10.1 Å². The largest absolute Gasteiger partial charge is 0.360 e. The fourth-order valence-electron chi connectivity index (χ4n) is 3.94. The molecule has 1 saturated heterocycles. The highest BCUT2D eigenvalue weighted by atomic mass is 16.5. The number of amides is 1. The quantitative estimate of drug-likeness (QED) is 0.850. The van der Waals surface area contributed by atoms with Gasteiger partial charge in [-0.15, -0.1) is 0 Å². The minimum Gasteiger partial charge on any atom is -0.360 e. The van der Waals surface area contributed by atoms with Crippen LogP contribution in [-0.2, 0) is 6.42 Å². The van der Waals surface area contributed by atoms with Crippen molar-refractivity contribution in [3.63, 3.8) is 0 Å². The molecule has 0 aromatic carbocycles. The smallest absolute Gasteiger partial charge is 0.259 e. The molecule has 2 heterocycles. The van der Waals surface area contributed by atoms with Gasteiger partial charge in [0.1, 0.15) is 11.3 Å². The molecule has 4 nitrogen and oxygen atoms in total. The SMILES string of the molecule is CCCc1onc(C)c1C(=O)N1CCC[C@@H]2CCC[C@@H]21. The second kappa shape index (κ2) is 5.58. The predicted molar refractivity (Wildman–Crippen MR) is 76.6 cm³/mol. The van der Waals surface area contributed by atoms with E-state index in [2.05, 4.69) is 17.0 Å². The van der Waals surface area contributed by atoms with Gasteiger partial charge >= 0.3 is 0 Å². The molecule has 0 radical (unpaired) electrons. The Morgan fingerprint density at radius 2 is 2.15 bits per heavy atom. The third kappa shape index (κ3) is 2.25. The zero-order valence-corrected chi connectivity index (χ0v) is 12.5. The summed E-state index contributed by atoms with van der Waals surface area (Å²) in [6.45, 7) is 4.88. The lowest BCUT2D eigenvalue weighted by molar-refractivity contribution is 0.0545. The summed E-state index contributed by atoms with van der Waals surface area (Å²) in [6.07, 6.45) is 7.93. The Morgan fingerprint density at radius 3 is 2.95 bits per heavy atom. The highest BCUT2D eigenvalue weighted by Crippen LogP contribution is 2.37. The minimum atomic E-state index is 0.156. The molecule has 110 valence electrons. The number of aryl methyl sites for hydroxylation is 2. The van der Waals surface area contributed by atoms with E-state index in [1.54, 1.807) is 0 Å². The first-order valence-electron chi connectivity index (χ1n) is 7.98. The van der Waals surface area contributed by atoms with Crippen molar-refractivity contribution in [2.24, 2.45) is 5.92 Å². The minimum absolute atomic E-state index is 0.156. The highest BCUT2D eigenvalue weighted by molar-refractivity contribution is 5.96. The third-order valence-electron chi connectivity index (χ3n) is 4.88. The molecule has 1 amide bonds. The van der Waals surface area contributed by atoms with Crippen LogP contribution in [0, 0.1) is 12.8 Å². The summed E-state index contributed by atoms with van der Waals surface area (Å²) < 4.78 is 5.36. The van der Waals surface area contributed by atoms with Crippen molar-refractivity contribution in [3.8, 4) is 0 Å². The van der Waals surface area contributed by atoms with Crippen molar-refractivity contribution in [2.75, 3.05) is 6.54 Å².